The lowest BCUT2D eigenvalue weighted by Gasteiger charge is -2.38. The molecule has 0 unspecified atom stereocenters. The van der Waals surface area contributed by atoms with E-state index in [1.54, 1.807) is 0 Å². The molecule has 0 aromatic heterocycles. The van der Waals surface area contributed by atoms with Crippen molar-refractivity contribution in [2.24, 2.45) is 0 Å². The standard InChI is InChI=1S/C17H17NO/c1-2-4-15-13(3-1)5-6-14-7-8-17(19-16(14)15)9-11-18-12-10-17/h1-8,18H,9-12H2. The molecule has 0 aliphatic carbocycles. The number of nitrogens with one attached hydrogen (secondary N) is 1. The Hall–Kier alpha value is -1.80. The second kappa shape index (κ2) is 4.10. The molecule has 2 aliphatic rings. The minimum atomic E-state index is -0.0949. The topological polar surface area (TPSA) is 21.3 Å². The van der Waals surface area contributed by atoms with E-state index in [4.69, 9.17) is 4.74 Å². The third-order valence-electron chi connectivity index (χ3n) is 4.23. The molecule has 1 N–H and O–H groups in total. The highest BCUT2D eigenvalue weighted by molar-refractivity contribution is 5.92. The molecular weight excluding hydrogens is 234 g/mol. The number of benzene rings is 2. The molecule has 0 amide bonds. The van der Waals surface area contributed by atoms with E-state index in [0.29, 0.717) is 0 Å². The summed E-state index contributed by atoms with van der Waals surface area (Å²) in [5.74, 6) is 1.06. The smallest absolute Gasteiger partial charge is 0.135 e. The zero-order valence-corrected chi connectivity index (χ0v) is 10.9. The first-order chi connectivity index (χ1) is 9.36. The van der Waals surface area contributed by atoms with Gasteiger partial charge in [-0.25, -0.2) is 0 Å². The Balaban J connectivity index is 1.86. The van der Waals surface area contributed by atoms with E-state index < -0.39 is 0 Å². The van der Waals surface area contributed by atoms with Gasteiger partial charge in [0.25, 0.3) is 0 Å². The zero-order chi connectivity index (χ0) is 12.7. The summed E-state index contributed by atoms with van der Waals surface area (Å²) in [5, 5.41) is 5.88. The molecule has 2 nitrogen and oxygen atoms in total. The Bertz CT molecular complexity index is 653. The van der Waals surface area contributed by atoms with Crippen LogP contribution in [0.3, 0.4) is 0 Å². The van der Waals surface area contributed by atoms with Gasteiger partial charge in [-0.1, -0.05) is 42.5 Å². The molecule has 0 radical (unpaired) electrons. The van der Waals surface area contributed by atoms with Gasteiger partial charge in [-0.05, 0) is 24.6 Å². The average Bonchev–Trinajstić information content (AvgIpc) is 2.48. The van der Waals surface area contributed by atoms with Crippen molar-refractivity contribution >= 4 is 16.8 Å². The van der Waals surface area contributed by atoms with E-state index in [1.165, 1.54) is 16.3 Å². The summed E-state index contributed by atoms with van der Waals surface area (Å²) in [7, 11) is 0. The van der Waals surface area contributed by atoms with E-state index in [2.05, 4.69) is 53.9 Å². The normalized spacial score (nSPS) is 20.2. The summed E-state index contributed by atoms with van der Waals surface area (Å²) in [4.78, 5) is 0. The molecule has 1 spiro atoms. The van der Waals surface area contributed by atoms with Crippen molar-refractivity contribution in [3.63, 3.8) is 0 Å². The summed E-state index contributed by atoms with van der Waals surface area (Å²) in [6.45, 7) is 2.06. The molecule has 96 valence electrons. The SMILES string of the molecule is C1=CC2(CCNCC2)Oc2c1ccc1ccccc21. The molecule has 2 aromatic carbocycles. The van der Waals surface area contributed by atoms with Crippen molar-refractivity contribution in [3.05, 3.63) is 48.0 Å². The molecule has 1 fully saturated rings. The molecule has 19 heavy (non-hydrogen) atoms. The maximum Gasteiger partial charge on any atom is 0.135 e. The van der Waals surface area contributed by atoms with Crippen molar-refractivity contribution in [3.8, 4) is 5.75 Å². The lowest BCUT2D eigenvalue weighted by atomic mass is 9.88. The van der Waals surface area contributed by atoms with Crippen LogP contribution < -0.4 is 10.1 Å². The summed E-state index contributed by atoms with van der Waals surface area (Å²) < 4.78 is 6.45. The summed E-state index contributed by atoms with van der Waals surface area (Å²) >= 11 is 0. The van der Waals surface area contributed by atoms with Gasteiger partial charge in [0.1, 0.15) is 11.4 Å². The largest absolute Gasteiger partial charge is 0.482 e. The Kier molecular flexibility index (Phi) is 2.39. The third kappa shape index (κ3) is 1.75. The highest BCUT2D eigenvalue weighted by atomic mass is 16.5. The van der Waals surface area contributed by atoms with Crippen LogP contribution >= 0.6 is 0 Å². The molecule has 0 saturated carbocycles. The highest BCUT2D eigenvalue weighted by Gasteiger charge is 2.34. The van der Waals surface area contributed by atoms with Gasteiger partial charge in [0.2, 0.25) is 0 Å². The number of ether oxygens (including phenoxy) is 1. The average molecular weight is 251 g/mol. The Morgan fingerprint density at radius 2 is 1.84 bits per heavy atom. The van der Waals surface area contributed by atoms with Gasteiger partial charge in [0.15, 0.2) is 0 Å². The molecule has 4 rings (SSSR count). The molecule has 1 saturated heterocycles. The fourth-order valence-corrected chi connectivity index (χ4v) is 3.10. The van der Waals surface area contributed by atoms with Crippen LogP contribution in [0, 0.1) is 0 Å². The van der Waals surface area contributed by atoms with Crippen molar-refractivity contribution in [2.45, 2.75) is 18.4 Å². The van der Waals surface area contributed by atoms with Gasteiger partial charge in [-0.15, -0.1) is 0 Å². The van der Waals surface area contributed by atoms with Crippen LogP contribution in [0.4, 0.5) is 0 Å². The summed E-state index contributed by atoms with van der Waals surface area (Å²) in [5.41, 5.74) is 1.10. The fraction of sp³-hybridized carbons (Fsp3) is 0.294. The Morgan fingerprint density at radius 3 is 2.74 bits per heavy atom. The predicted molar refractivity (Wildman–Crippen MR) is 78.4 cm³/mol. The molecule has 0 bridgehead atoms. The van der Waals surface area contributed by atoms with Crippen LogP contribution in [0.2, 0.25) is 0 Å². The molecule has 0 atom stereocenters. The van der Waals surface area contributed by atoms with E-state index >= 15 is 0 Å². The number of rotatable bonds is 0. The number of hydrogen-bond acceptors (Lipinski definition) is 2. The van der Waals surface area contributed by atoms with Gasteiger partial charge in [0.05, 0.1) is 0 Å². The van der Waals surface area contributed by atoms with Crippen molar-refractivity contribution < 1.29 is 4.74 Å². The van der Waals surface area contributed by atoms with Crippen LogP contribution in [0.5, 0.6) is 5.75 Å². The Morgan fingerprint density at radius 1 is 1.00 bits per heavy atom. The zero-order valence-electron chi connectivity index (χ0n) is 10.9. The maximum atomic E-state index is 6.45. The van der Waals surface area contributed by atoms with Crippen molar-refractivity contribution in [1.29, 1.82) is 0 Å². The highest BCUT2D eigenvalue weighted by Crippen LogP contribution is 2.40. The summed E-state index contributed by atoms with van der Waals surface area (Å²) in [6.07, 6.45) is 6.58. The number of fused-ring (bicyclic) bond motifs is 3. The van der Waals surface area contributed by atoms with Crippen LogP contribution in [0.1, 0.15) is 18.4 Å². The lowest BCUT2D eigenvalue weighted by Crippen LogP contribution is -2.45. The van der Waals surface area contributed by atoms with Crippen LogP contribution in [-0.4, -0.2) is 18.7 Å². The molecule has 2 aromatic rings. The second-order valence-corrected chi connectivity index (χ2v) is 5.46. The Labute approximate surface area is 113 Å². The van der Waals surface area contributed by atoms with E-state index in [0.717, 1.165) is 31.7 Å². The van der Waals surface area contributed by atoms with Gasteiger partial charge < -0.3 is 10.1 Å². The molecule has 2 aliphatic heterocycles. The van der Waals surface area contributed by atoms with E-state index in [-0.39, 0.29) is 5.60 Å². The fourth-order valence-electron chi connectivity index (χ4n) is 3.10. The van der Waals surface area contributed by atoms with Gasteiger partial charge in [-0.3, -0.25) is 0 Å². The van der Waals surface area contributed by atoms with Crippen molar-refractivity contribution in [2.75, 3.05) is 13.1 Å². The van der Waals surface area contributed by atoms with Gasteiger partial charge in [-0.2, -0.15) is 0 Å². The van der Waals surface area contributed by atoms with Crippen LogP contribution in [0.25, 0.3) is 16.8 Å². The van der Waals surface area contributed by atoms with Crippen molar-refractivity contribution in [1.82, 2.24) is 5.32 Å². The molecular formula is C17H17NO. The van der Waals surface area contributed by atoms with Crippen LogP contribution in [0.15, 0.2) is 42.5 Å². The number of hydrogen-bond donors (Lipinski definition) is 1. The lowest BCUT2D eigenvalue weighted by molar-refractivity contribution is 0.0841. The number of piperidine rings is 1. The minimum Gasteiger partial charge on any atom is -0.482 e. The minimum absolute atomic E-state index is 0.0949. The molecule has 2 heterocycles. The maximum absolute atomic E-state index is 6.45. The first kappa shape index (κ1) is 11.1. The van der Waals surface area contributed by atoms with Gasteiger partial charge >= 0.3 is 0 Å². The van der Waals surface area contributed by atoms with Gasteiger partial charge in [0, 0.05) is 23.8 Å². The first-order valence-electron chi connectivity index (χ1n) is 6.97. The van der Waals surface area contributed by atoms with E-state index in [9.17, 15) is 0 Å². The van der Waals surface area contributed by atoms with Crippen LogP contribution in [-0.2, 0) is 0 Å². The monoisotopic (exact) mass is 251 g/mol. The quantitative estimate of drug-likeness (QED) is 0.775. The second-order valence-electron chi connectivity index (χ2n) is 5.46. The molecule has 2 heteroatoms. The summed E-state index contributed by atoms with van der Waals surface area (Å²) in [6, 6.07) is 12.8. The van der Waals surface area contributed by atoms with E-state index in [1.807, 2.05) is 0 Å². The first-order valence-corrected chi connectivity index (χ1v) is 6.97. The third-order valence-corrected chi connectivity index (χ3v) is 4.23. The predicted octanol–water partition coefficient (Wildman–Crippen LogP) is 3.37.